The molecule has 0 spiro atoms. The van der Waals surface area contributed by atoms with E-state index in [1.807, 2.05) is 12.1 Å². The zero-order valence-electron chi connectivity index (χ0n) is 9.87. The van der Waals surface area contributed by atoms with Gasteiger partial charge in [0.15, 0.2) is 0 Å². The second-order valence-corrected chi connectivity index (χ2v) is 4.26. The highest BCUT2D eigenvalue weighted by Crippen LogP contribution is 2.13. The molecule has 16 heavy (non-hydrogen) atoms. The molecule has 0 aliphatic carbocycles. The van der Waals surface area contributed by atoms with Gasteiger partial charge in [-0.2, -0.15) is 0 Å². The predicted octanol–water partition coefficient (Wildman–Crippen LogP) is 2.59. The molecule has 0 amide bonds. The minimum Gasteiger partial charge on any atom is -0.481 e. The summed E-state index contributed by atoms with van der Waals surface area (Å²) in [5.74, 6) is 0.688. The van der Waals surface area contributed by atoms with Crippen LogP contribution < -0.4 is 10.1 Å². The molecule has 1 heterocycles. The largest absolute Gasteiger partial charge is 0.481 e. The zero-order valence-corrected chi connectivity index (χ0v) is 10.6. The third-order valence-corrected chi connectivity index (χ3v) is 2.96. The Labute approximate surface area is 102 Å². The number of alkyl halides is 1. The van der Waals surface area contributed by atoms with Gasteiger partial charge < -0.3 is 10.1 Å². The van der Waals surface area contributed by atoms with E-state index in [0.717, 1.165) is 31.5 Å². The van der Waals surface area contributed by atoms with Crippen LogP contribution in [0.1, 0.15) is 25.3 Å². The van der Waals surface area contributed by atoms with Gasteiger partial charge in [0, 0.05) is 23.7 Å². The standard InChI is InChI=1S/C12H19ClN2O/c1-3-11(13)6-8-14-9-10-5-4-7-15-12(10)16-2/h4-5,7,11,14H,3,6,8-9H2,1-2H3. The Balaban J connectivity index is 2.31. The summed E-state index contributed by atoms with van der Waals surface area (Å²) in [6.07, 6.45) is 3.73. The van der Waals surface area contributed by atoms with E-state index in [2.05, 4.69) is 17.2 Å². The van der Waals surface area contributed by atoms with Crippen LogP contribution in [0.5, 0.6) is 5.88 Å². The Morgan fingerprint density at radius 2 is 2.38 bits per heavy atom. The van der Waals surface area contributed by atoms with Crippen molar-refractivity contribution >= 4 is 11.6 Å². The van der Waals surface area contributed by atoms with Gasteiger partial charge in [0.05, 0.1) is 7.11 Å². The van der Waals surface area contributed by atoms with Crippen LogP contribution in [0.25, 0.3) is 0 Å². The molecular weight excluding hydrogens is 224 g/mol. The number of nitrogens with one attached hydrogen (secondary N) is 1. The van der Waals surface area contributed by atoms with E-state index in [0.29, 0.717) is 5.88 Å². The molecule has 0 radical (unpaired) electrons. The lowest BCUT2D eigenvalue weighted by atomic mass is 10.2. The van der Waals surface area contributed by atoms with Gasteiger partial charge in [0.2, 0.25) is 5.88 Å². The maximum Gasteiger partial charge on any atom is 0.217 e. The fourth-order valence-electron chi connectivity index (χ4n) is 1.43. The lowest BCUT2D eigenvalue weighted by molar-refractivity contribution is 0.390. The summed E-state index contributed by atoms with van der Waals surface area (Å²) in [6, 6.07) is 3.92. The summed E-state index contributed by atoms with van der Waals surface area (Å²) in [5, 5.41) is 3.60. The molecule has 0 aliphatic heterocycles. The van der Waals surface area contributed by atoms with Crippen molar-refractivity contribution in [2.45, 2.75) is 31.7 Å². The van der Waals surface area contributed by atoms with E-state index in [9.17, 15) is 0 Å². The molecule has 1 aromatic rings. The number of pyridine rings is 1. The topological polar surface area (TPSA) is 34.2 Å². The maximum atomic E-state index is 6.03. The minimum absolute atomic E-state index is 0.267. The van der Waals surface area contributed by atoms with Gasteiger partial charge in [0.1, 0.15) is 0 Å². The van der Waals surface area contributed by atoms with Gasteiger partial charge in [-0.25, -0.2) is 4.98 Å². The van der Waals surface area contributed by atoms with Crippen molar-refractivity contribution < 1.29 is 4.74 Å². The molecule has 0 saturated heterocycles. The summed E-state index contributed by atoms with van der Waals surface area (Å²) in [7, 11) is 1.64. The average Bonchev–Trinajstić information content (AvgIpc) is 2.34. The molecule has 0 saturated carbocycles. The number of nitrogens with zero attached hydrogens (tertiary/aromatic N) is 1. The Bertz CT molecular complexity index is 307. The first-order valence-corrected chi connectivity index (χ1v) is 6.04. The highest BCUT2D eigenvalue weighted by Gasteiger charge is 2.03. The van der Waals surface area contributed by atoms with Crippen LogP contribution in [0.4, 0.5) is 0 Å². The summed E-state index contributed by atoms with van der Waals surface area (Å²) in [4.78, 5) is 4.14. The Kier molecular flexibility index (Phi) is 6.19. The fraction of sp³-hybridized carbons (Fsp3) is 0.583. The number of halogens is 1. The quantitative estimate of drug-likeness (QED) is 0.590. The highest BCUT2D eigenvalue weighted by atomic mass is 35.5. The van der Waals surface area contributed by atoms with Crippen LogP contribution in [-0.2, 0) is 6.54 Å². The number of aromatic nitrogens is 1. The average molecular weight is 243 g/mol. The van der Waals surface area contributed by atoms with Crippen molar-refractivity contribution in [2.24, 2.45) is 0 Å². The molecule has 0 aliphatic rings. The predicted molar refractivity (Wildman–Crippen MR) is 67.0 cm³/mol. The molecule has 0 aromatic carbocycles. The summed E-state index contributed by atoms with van der Waals surface area (Å²) in [6.45, 7) is 3.78. The van der Waals surface area contributed by atoms with E-state index in [4.69, 9.17) is 16.3 Å². The molecule has 3 nitrogen and oxygen atoms in total. The molecule has 0 fully saturated rings. The van der Waals surface area contributed by atoms with Gasteiger partial charge in [-0.05, 0) is 25.5 Å². The normalized spacial score (nSPS) is 12.4. The van der Waals surface area contributed by atoms with Crippen molar-refractivity contribution in [3.05, 3.63) is 23.9 Å². The van der Waals surface area contributed by atoms with E-state index in [-0.39, 0.29) is 5.38 Å². The van der Waals surface area contributed by atoms with Gasteiger partial charge in [-0.15, -0.1) is 11.6 Å². The van der Waals surface area contributed by atoms with Gasteiger partial charge >= 0.3 is 0 Å². The number of hydrogen-bond donors (Lipinski definition) is 1. The van der Waals surface area contributed by atoms with Crippen molar-refractivity contribution in [2.75, 3.05) is 13.7 Å². The number of hydrogen-bond acceptors (Lipinski definition) is 3. The molecule has 1 atom stereocenters. The Hall–Kier alpha value is -0.800. The lowest BCUT2D eigenvalue weighted by Crippen LogP contribution is -2.18. The molecular formula is C12H19ClN2O. The van der Waals surface area contributed by atoms with Gasteiger partial charge in [0.25, 0.3) is 0 Å². The van der Waals surface area contributed by atoms with Crippen LogP contribution in [-0.4, -0.2) is 24.0 Å². The van der Waals surface area contributed by atoms with Gasteiger partial charge in [-0.1, -0.05) is 13.0 Å². The van der Waals surface area contributed by atoms with Gasteiger partial charge in [-0.3, -0.25) is 0 Å². The fourth-order valence-corrected chi connectivity index (χ4v) is 1.54. The molecule has 1 unspecified atom stereocenters. The van der Waals surface area contributed by atoms with Crippen LogP contribution in [0.2, 0.25) is 0 Å². The van der Waals surface area contributed by atoms with Crippen molar-refractivity contribution in [1.29, 1.82) is 0 Å². The number of methoxy groups -OCH3 is 1. The van der Waals surface area contributed by atoms with Crippen LogP contribution in [0, 0.1) is 0 Å². The van der Waals surface area contributed by atoms with E-state index in [1.165, 1.54) is 0 Å². The van der Waals surface area contributed by atoms with Crippen LogP contribution in [0.15, 0.2) is 18.3 Å². The Morgan fingerprint density at radius 1 is 1.56 bits per heavy atom. The summed E-state index contributed by atoms with van der Waals surface area (Å²) >= 11 is 6.03. The van der Waals surface area contributed by atoms with Crippen LogP contribution in [0.3, 0.4) is 0 Å². The molecule has 90 valence electrons. The van der Waals surface area contributed by atoms with E-state index >= 15 is 0 Å². The molecule has 1 N–H and O–H groups in total. The second-order valence-electron chi connectivity index (χ2n) is 3.64. The van der Waals surface area contributed by atoms with E-state index < -0.39 is 0 Å². The van der Waals surface area contributed by atoms with Crippen molar-refractivity contribution in [3.8, 4) is 5.88 Å². The highest BCUT2D eigenvalue weighted by molar-refractivity contribution is 6.20. The number of ether oxygens (including phenoxy) is 1. The zero-order chi connectivity index (χ0) is 11.8. The summed E-state index contributed by atoms with van der Waals surface area (Å²) < 4.78 is 5.17. The maximum absolute atomic E-state index is 6.03. The van der Waals surface area contributed by atoms with Crippen molar-refractivity contribution in [1.82, 2.24) is 10.3 Å². The first kappa shape index (κ1) is 13.3. The smallest absolute Gasteiger partial charge is 0.217 e. The lowest BCUT2D eigenvalue weighted by Gasteiger charge is -2.09. The second kappa shape index (κ2) is 7.47. The third kappa shape index (κ3) is 4.37. The molecule has 0 bridgehead atoms. The summed E-state index contributed by atoms with van der Waals surface area (Å²) in [5.41, 5.74) is 1.08. The van der Waals surface area contributed by atoms with Crippen molar-refractivity contribution in [3.63, 3.8) is 0 Å². The molecule has 4 heteroatoms. The third-order valence-electron chi connectivity index (χ3n) is 2.44. The molecule has 1 aromatic heterocycles. The number of rotatable bonds is 7. The van der Waals surface area contributed by atoms with E-state index in [1.54, 1.807) is 13.3 Å². The monoisotopic (exact) mass is 242 g/mol. The van der Waals surface area contributed by atoms with Crippen LogP contribution >= 0.6 is 11.6 Å². The first-order valence-electron chi connectivity index (χ1n) is 5.60. The Morgan fingerprint density at radius 3 is 3.06 bits per heavy atom. The minimum atomic E-state index is 0.267. The first-order chi connectivity index (χ1) is 7.77. The molecule has 1 rings (SSSR count). The SMILES string of the molecule is CCC(Cl)CCNCc1cccnc1OC.